The Kier molecular flexibility index (Phi) is 4.17. The van der Waals surface area contributed by atoms with Crippen molar-refractivity contribution in [3.05, 3.63) is 65.5 Å². The monoisotopic (exact) mass is 340 g/mol. The van der Waals surface area contributed by atoms with E-state index in [1.807, 2.05) is 18.2 Å². The average molecular weight is 340 g/mol. The topological polar surface area (TPSA) is 41.6 Å². The van der Waals surface area contributed by atoms with Crippen molar-refractivity contribution < 1.29 is 13.9 Å². The van der Waals surface area contributed by atoms with Gasteiger partial charge >= 0.3 is 0 Å². The van der Waals surface area contributed by atoms with E-state index in [1.54, 1.807) is 23.1 Å². The Morgan fingerprint density at radius 2 is 1.80 bits per heavy atom. The number of piperidine rings is 1. The van der Waals surface area contributed by atoms with Gasteiger partial charge in [0.1, 0.15) is 18.2 Å². The van der Waals surface area contributed by atoms with Gasteiger partial charge in [0.15, 0.2) is 0 Å². The molecule has 25 heavy (non-hydrogen) atoms. The minimum absolute atomic E-state index is 0.134. The fourth-order valence-electron chi connectivity index (χ4n) is 3.60. The summed E-state index contributed by atoms with van der Waals surface area (Å²) >= 11 is 0. The lowest BCUT2D eigenvalue weighted by Gasteiger charge is -2.41. The fourth-order valence-corrected chi connectivity index (χ4v) is 3.60. The highest BCUT2D eigenvalue weighted by Crippen LogP contribution is 2.30. The van der Waals surface area contributed by atoms with E-state index in [2.05, 4.69) is 11.4 Å². The molecule has 0 radical (unpaired) electrons. The SMILES string of the molecule is O=C(c1ccccc1F)N1CCC2(CC1)COc1ccccc1CN2. The summed E-state index contributed by atoms with van der Waals surface area (Å²) in [5.74, 6) is 0.238. The molecule has 0 aromatic heterocycles. The summed E-state index contributed by atoms with van der Waals surface area (Å²) in [6.45, 7) is 2.54. The Hall–Kier alpha value is -2.40. The third-order valence-corrected chi connectivity index (χ3v) is 5.24. The smallest absolute Gasteiger partial charge is 0.256 e. The predicted octanol–water partition coefficient (Wildman–Crippen LogP) is 2.98. The molecule has 4 rings (SSSR count). The fraction of sp³-hybridized carbons (Fsp3) is 0.350. The molecule has 0 aliphatic carbocycles. The van der Waals surface area contributed by atoms with Gasteiger partial charge in [0.05, 0.1) is 11.1 Å². The van der Waals surface area contributed by atoms with Crippen LogP contribution in [0.5, 0.6) is 5.75 Å². The zero-order chi connectivity index (χ0) is 17.3. The molecule has 2 aromatic rings. The van der Waals surface area contributed by atoms with Crippen LogP contribution in [0.3, 0.4) is 0 Å². The van der Waals surface area contributed by atoms with Crippen molar-refractivity contribution in [2.24, 2.45) is 0 Å². The molecule has 2 aromatic carbocycles. The number of halogens is 1. The van der Waals surface area contributed by atoms with Gasteiger partial charge in [-0.05, 0) is 31.0 Å². The first-order valence-corrected chi connectivity index (χ1v) is 8.66. The van der Waals surface area contributed by atoms with Gasteiger partial charge in [-0.2, -0.15) is 0 Å². The van der Waals surface area contributed by atoms with Crippen LogP contribution in [-0.4, -0.2) is 36.0 Å². The molecule has 1 fully saturated rings. The first-order chi connectivity index (χ1) is 12.2. The lowest BCUT2D eigenvalue weighted by atomic mass is 9.88. The molecule has 2 heterocycles. The highest BCUT2D eigenvalue weighted by atomic mass is 19.1. The maximum Gasteiger partial charge on any atom is 0.256 e. The zero-order valence-electron chi connectivity index (χ0n) is 14.0. The first kappa shape index (κ1) is 16.1. The van der Waals surface area contributed by atoms with Crippen molar-refractivity contribution in [2.45, 2.75) is 24.9 Å². The van der Waals surface area contributed by atoms with Crippen LogP contribution in [0.15, 0.2) is 48.5 Å². The summed E-state index contributed by atoms with van der Waals surface area (Å²) in [7, 11) is 0. The number of hydrogen-bond acceptors (Lipinski definition) is 3. The Morgan fingerprint density at radius 3 is 2.60 bits per heavy atom. The van der Waals surface area contributed by atoms with Crippen LogP contribution in [0, 0.1) is 5.82 Å². The first-order valence-electron chi connectivity index (χ1n) is 8.66. The summed E-state index contributed by atoms with van der Waals surface area (Å²) in [6.07, 6.45) is 1.59. The molecule has 2 aliphatic rings. The molecule has 0 atom stereocenters. The Labute approximate surface area is 146 Å². The number of hydrogen-bond donors (Lipinski definition) is 1. The van der Waals surface area contributed by atoms with Crippen LogP contribution in [-0.2, 0) is 6.54 Å². The second-order valence-electron chi connectivity index (χ2n) is 6.80. The summed E-state index contributed by atoms with van der Waals surface area (Å²) < 4.78 is 19.9. The van der Waals surface area contributed by atoms with Gasteiger partial charge in [-0.25, -0.2) is 4.39 Å². The van der Waals surface area contributed by atoms with E-state index in [9.17, 15) is 9.18 Å². The van der Waals surface area contributed by atoms with E-state index in [0.29, 0.717) is 19.7 Å². The van der Waals surface area contributed by atoms with Gasteiger partial charge < -0.3 is 15.0 Å². The highest BCUT2D eigenvalue weighted by molar-refractivity contribution is 5.94. The second-order valence-corrected chi connectivity index (χ2v) is 6.80. The standard InChI is InChI=1S/C20H21FN2O2/c21-17-7-3-2-6-16(17)19(24)23-11-9-20(10-12-23)14-25-18-8-4-1-5-15(18)13-22-20/h1-8,22H,9-14H2. The Balaban J connectivity index is 1.43. The maximum absolute atomic E-state index is 13.9. The number of benzene rings is 2. The van der Waals surface area contributed by atoms with E-state index in [-0.39, 0.29) is 17.0 Å². The van der Waals surface area contributed by atoms with Gasteiger partial charge in [-0.3, -0.25) is 4.79 Å². The van der Waals surface area contributed by atoms with E-state index < -0.39 is 5.82 Å². The number of fused-ring (bicyclic) bond motifs is 1. The molecule has 0 saturated carbocycles. The number of rotatable bonds is 1. The molecule has 0 bridgehead atoms. The number of ether oxygens (including phenoxy) is 1. The second kappa shape index (κ2) is 6.48. The maximum atomic E-state index is 13.9. The molecule has 5 heteroatoms. The van der Waals surface area contributed by atoms with Crippen LogP contribution in [0.1, 0.15) is 28.8 Å². The molecule has 1 amide bonds. The number of para-hydroxylation sites is 1. The number of carbonyl (C=O) groups excluding carboxylic acids is 1. The van der Waals surface area contributed by atoms with Gasteiger partial charge in [-0.15, -0.1) is 0 Å². The molecule has 1 N–H and O–H groups in total. The Bertz CT molecular complexity index is 756. The number of likely N-dealkylation sites (tertiary alicyclic amines) is 1. The van der Waals surface area contributed by atoms with Crippen LogP contribution in [0.4, 0.5) is 4.39 Å². The molecular formula is C20H21FN2O2. The number of nitrogens with zero attached hydrogens (tertiary/aromatic N) is 1. The van der Waals surface area contributed by atoms with Gasteiger partial charge in [0, 0.05) is 25.2 Å². The van der Waals surface area contributed by atoms with E-state index in [1.165, 1.54) is 6.07 Å². The highest BCUT2D eigenvalue weighted by Gasteiger charge is 2.38. The molecular weight excluding hydrogens is 319 g/mol. The van der Waals surface area contributed by atoms with Gasteiger partial charge in [-0.1, -0.05) is 30.3 Å². The quantitative estimate of drug-likeness (QED) is 0.868. The number of amides is 1. The van der Waals surface area contributed by atoms with Crippen LogP contribution in [0.25, 0.3) is 0 Å². The molecule has 4 nitrogen and oxygen atoms in total. The van der Waals surface area contributed by atoms with Gasteiger partial charge in [0.2, 0.25) is 0 Å². The van der Waals surface area contributed by atoms with E-state index in [0.717, 1.165) is 30.7 Å². The molecule has 1 spiro atoms. The summed E-state index contributed by atoms with van der Waals surface area (Å²) in [4.78, 5) is 14.3. The molecule has 0 unspecified atom stereocenters. The van der Waals surface area contributed by atoms with Crippen molar-refractivity contribution in [3.8, 4) is 5.75 Å². The van der Waals surface area contributed by atoms with Crippen LogP contribution in [0.2, 0.25) is 0 Å². The summed E-state index contributed by atoms with van der Waals surface area (Å²) in [6, 6.07) is 14.2. The van der Waals surface area contributed by atoms with Gasteiger partial charge in [0.25, 0.3) is 5.91 Å². The van der Waals surface area contributed by atoms with Crippen molar-refractivity contribution in [3.63, 3.8) is 0 Å². The van der Waals surface area contributed by atoms with Crippen LogP contribution >= 0.6 is 0 Å². The lowest BCUT2D eigenvalue weighted by Crippen LogP contribution is -2.56. The van der Waals surface area contributed by atoms with Crippen molar-refractivity contribution >= 4 is 5.91 Å². The van der Waals surface area contributed by atoms with Crippen molar-refractivity contribution in [2.75, 3.05) is 19.7 Å². The summed E-state index contributed by atoms with van der Waals surface area (Å²) in [5.41, 5.74) is 1.17. The minimum atomic E-state index is -0.459. The number of carbonyl (C=O) groups is 1. The predicted molar refractivity (Wildman–Crippen MR) is 93.0 cm³/mol. The zero-order valence-corrected chi connectivity index (χ0v) is 14.0. The lowest BCUT2D eigenvalue weighted by molar-refractivity contribution is 0.0571. The third kappa shape index (κ3) is 3.12. The van der Waals surface area contributed by atoms with Crippen molar-refractivity contribution in [1.82, 2.24) is 10.2 Å². The van der Waals surface area contributed by atoms with Crippen molar-refractivity contribution in [1.29, 1.82) is 0 Å². The third-order valence-electron chi connectivity index (χ3n) is 5.24. The average Bonchev–Trinajstić information content (AvgIpc) is 2.83. The van der Waals surface area contributed by atoms with E-state index in [4.69, 9.17) is 4.74 Å². The molecule has 2 aliphatic heterocycles. The normalized spacial score (nSPS) is 19.0. The largest absolute Gasteiger partial charge is 0.491 e. The Morgan fingerprint density at radius 1 is 1.08 bits per heavy atom. The number of nitrogens with one attached hydrogen (secondary N) is 1. The van der Waals surface area contributed by atoms with E-state index >= 15 is 0 Å². The van der Waals surface area contributed by atoms with Crippen LogP contribution < -0.4 is 10.1 Å². The minimum Gasteiger partial charge on any atom is -0.491 e. The summed E-state index contributed by atoms with van der Waals surface area (Å²) in [5, 5.41) is 3.63. The molecule has 130 valence electrons. The molecule has 1 saturated heterocycles.